The molecule has 0 spiro atoms. The molecule has 0 radical (unpaired) electrons. The topological polar surface area (TPSA) is 62.1 Å². The van der Waals surface area contributed by atoms with Crippen molar-refractivity contribution < 1.29 is 22.1 Å². The second kappa shape index (κ2) is 6.58. The van der Waals surface area contributed by atoms with Crippen LogP contribution in [0.4, 0.5) is 0 Å². The van der Waals surface area contributed by atoms with Gasteiger partial charge in [-0.05, 0) is 12.0 Å². The van der Waals surface area contributed by atoms with E-state index in [2.05, 4.69) is 4.57 Å². The minimum Gasteiger partial charge on any atom is -0.286 e. The molecule has 5 nitrogen and oxygen atoms in total. The van der Waals surface area contributed by atoms with Gasteiger partial charge in [0.25, 0.3) is 10.1 Å². The molecule has 20 heavy (non-hydrogen) atoms. The lowest BCUT2D eigenvalue weighted by molar-refractivity contribution is -0.778. The molecule has 0 unspecified atom stereocenters. The first-order valence-corrected chi connectivity index (χ1v) is 8.01. The molecule has 2 aromatic rings. The highest BCUT2D eigenvalue weighted by molar-refractivity contribution is 7.85. The Morgan fingerprint density at radius 1 is 0.900 bits per heavy atom. The molecular formula is C14H18N2O3S+2. The van der Waals surface area contributed by atoms with Crippen molar-refractivity contribution in [3.05, 3.63) is 60.7 Å². The van der Waals surface area contributed by atoms with Crippen LogP contribution in [0.2, 0.25) is 0 Å². The van der Waals surface area contributed by atoms with Crippen molar-refractivity contribution in [2.24, 2.45) is 0 Å². The van der Waals surface area contributed by atoms with Gasteiger partial charge in [-0.1, -0.05) is 6.07 Å². The van der Waals surface area contributed by atoms with Crippen LogP contribution in [0.1, 0.15) is 5.56 Å². The summed E-state index contributed by atoms with van der Waals surface area (Å²) < 4.78 is 34.2. The first-order valence-electron chi connectivity index (χ1n) is 6.40. The van der Waals surface area contributed by atoms with E-state index in [4.69, 9.17) is 4.55 Å². The van der Waals surface area contributed by atoms with Crippen molar-refractivity contribution in [2.45, 2.75) is 19.5 Å². The summed E-state index contributed by atoms with van der Waals surface area (Å²) in [4.78, 5) is 0. The van der Waals surface area contributed by atoms with Crippen molar-refractivity contribution in [1.82, 2.24) is 0 Å². The van der Waals surface area contributed by atoms with E-state index in [1.807, 2.05) is 59.7 Å². The molecule has 2 heterocycles. The zero-order valence-electron chi connectivity index (χ0n) is 11.1. The van der Waals surface area contributed by atoms with Gasteiger partial charge in [0.1, 0.15) is 0 Å². The Hall–Kier alpha value is -1.79. The Balaban J connectivity index is 1.88. The average molecular weight is 294 g/mol. The van der Waals surface area contributed by atoms with E-state index in [0.29, 0.717) is 6.42 Å². The lowest BCUT2D eigenvalue weighted by atomic mass is 10.2. The molecule has 0 aliphatic carbocycles. The SMILES string of the molecule is O=S(=O)(O)CCc1cc[n+](CC[n+]2ccccc2)cc1. The fourth-order valence-electron chi connectivity index (χ4n) is 1.87. The second-order valence-corrected chi connectivity index (χ2v) is 6.17. The molecule has 0 atom stereocenters. The summed E-state index contributed by atoms with van der Waals surface area (Å²) in [5.41, 5.74) is 0.895. The average Bonchev–Trinajstić information content (AvgIpc) is 2.44. The van der Waals surface area contributed by atoms with E-state index in [0.717, 1.165) is 18.7 Å². The molecular weight excluding hydrogens is 276 g/mol. The van der Waals surface area contributed by atoms with Gasteiger partial charge in [0.15, 0.2) is 24.8 Å². The quantitative estimate of drug-likeness (QED) is 0.619. The third-order valence-corrected chi connectivity index (χ3v) is 3.72. The number of aryl methyl sites for hydroxylation is 3. The van der Waals surface area contributed by atoms with Crippen molar-refractivity contribution in [2.75, 3.05) is 5.75 Å². The van der Waals surface area contributed by atoms with E-state index in [9.17, 15) is 8.42 Å². The van der Waals surface area contributed by atoms with Crippen LogP contribution in [0, 0.1) is 0 Å². The summed E-state index contributed by atoms with van der Waals surface area (Å²) in [6, 6.07) is 9.71. The van der Waals surface area contributed by atoms with Crippen LogP contribution in [0.25, 0.3) is 0 Å². The maximum atomic E-state index is 10.7. The minimum atomic E-state index is -3.89. The van der Waals surface area contributed by atoms with E-state index in [1.54, 1.807) is 0 Å². The molecule has 0 saturated heterocycles. The molecule has 0 aliphatic heterocycles. The number of nitrogens with zero attached hydrogens (tertiary/aromatic N) is 2. The number of pyridine rings is 2. The van der Waals surface area contributed by atoms with Crippen molar-refractivity contribution in [3.8, 4) is 0 Å². The van der Waals surface area contributed by atoms with Crippen LogP contribution in [0.3, 0.4) is 0 Å². The molecule has 2 rings (SSSR count). The summed E-state index contributed by atoms with van der Waals surface area (Å²) in [6.07, 6.45) is 8.20. The number of hydrogen-bond acceptors (Lipinski definition) is 2. The highest BCUT2D eigenvalue weighted by atomic mass is 32.2. The number of hydrogen-bond donors (Lipinski definition) is 1. The van der Waals surface area contributed by atoms with Gasteiger partial charge in [-0.2, -0.15) is 17.6 Å². The zero-order valence-corrected chi connectivity index (χ0v) is 11.9. The van der Waals surface area contributed by atoms with Gasteiger partial charge in [-0.3, -0.25) is 4.55 Å². The van der Waals surface area contributed by atoms with E-state index in [-0.39, 0.29) is 5.75 Å². The monoisotopic (exact) mass is 294 g/mol. The molecule has 6 heteroatoms. The van der Waals surface area contributed by atoms with Crippen molar-refractivity contribution >= 4 is 10.1 Å². The van der Waals surface area contributed by atoms with Gasteiger partial charge in [-0.15, -0.1) is 0 Å². The summed E-state index contributed by atoms with van der Waals surface area (Å²) in [6.45, 7) is 1.71. The summed E-state index contributed by atoms with van der Waals surface area (Å²) in [7, 11) is -3.89. The van der Waals surface area contributed by atoms with E-state index in [1.165, 1.54) is 0 Å². The summed E-state index contributed by atoms with van der Waals surface area (Å²) >= 11 is 0. The standard InChI is InChI=1S/C14H17N2O3S/c17-20(18,19)13-6-14-4-9-16(10-5-14)12-11-15-7-2-1-3-8-15/h1-5,7-10H,6,11-13H2/q+1/p+1. The molecule has 2 aromatic heterocycles. The first-order chi connectivity index (χ1) is 9.53. The first kappa shape index (κ1) is 14.6. The van der Waals surface area contributed by atoms with Crippen LogP contribution < -0.4 is 9.13 Å². The smallest absolute Gasteiger partial charge is 0.265 e. The van der Waals surface area contributed by atoms with Gasteiger partial charge >= 0.3 is 0 Å². The van der Waals surface area contributed by atoms with Crippen molar-refractivity contribution in [3.63, 3.8) is 0 Å². The van der Waals surface area contributed by atoms with E-state index >= 15 is 0 Å². The predicted octanol–water partition coefficient (Wildman–Crippen LogP) is 0.392. The van der Waals surface area contributed by atoms with Crippen molar-refractivity contribution in [1.29, 1.82) is 0 Å². The Bertz CT molecular complexity index is 640. The predicted molar refractivity (Wildman–Crippen MR) is 73.4 cm³/mol. The van der Waals surface area contributed by atoms with Crippen LogP contribution in [-0.4, -0.2) is 18.7 Å². The molecule has 1 N–H and O–H groups in total. The Labute approximate surface area is 118 Å². The lowest BCUT2D eigenvalue weighted by Crippen LogP contribution is -2.43. The zero-order chi connectivity index (χ0) is 14.4. The fourth-order valence-corrected chi connectivity index (χ4v) is 2.36. The molecule has 106 valence electrons. The molecule has 0 bridgehead atoms. The third-order valence-electron chi connectivity index (χ3n) is 3.00. The highest BCUT2D eigenvalue weighted by Crippen LogP contribution is 1.98. The summed E-state index contributed by atoms with van der Waals surface area (Å²) in [5, 5.41) is 0. The second-order valence-electron chi connectivity index (χ2n) is 4.59. The van der Waals surface area contributed by atoms with Gasteiger partial charge in [0, 0.05) is 24.3 Å². The van der Waals surface area contributed by atoms with Crippen LogP contribution in [0.5, 0.6) is 0 Å². The Morgan fingerprint density at radius 2 is 1.45 bits per heavy atom. The van der Waals surface area contributed by atoms with E-state index < -0.39 is 10.1 Å². The normalized spacial score (nSPS) is 11.4. The Morgan fingerprint density at radius 3 is 2.00 bits per heavy atom. The van der Waals surface area contributed by atoms with Crippen LogP contribution in [0.15, 0.2) is 55.1 Å². The molecule has 0 aliphatic rings. The molecule has 0 aromatic carbocycles. The minimum absolute atomic E-state index is 0.239. The molecule has 0 fully saturated rings. The maximum Gasteiger partial charge on any atom is 0.265 e. The summed E-state index contributed by atoms with van der Waals surface area (Å²) in [5.74, 6) is -0.239. The number of rotatable bonds is 6. The molecule has 0 saturated carbocycles. The van der Waals surface area contributed by atoms with Gasteiger partial charge in [0.2, 0.25) is 13.1 Å². The van der Waals surface area contributed by atoms with Crippen LogP contribution in [-0.2, 0) is 29.6 Å². The number of aromatic nitrogens is 2. The lowest BCUT2D eigenvalue weighted by Gasteiger charge is -1.99. The largest absolute Gasteiger partial charge is 0.286 e. The Kier molecular flexibility index (Phi) is 4.81. The maximum absolute atomic E-state index is 10.7. The highest BCUT2D eigenvalue weighted by Gasteiger charge is 2.08. The van der Waals surface area contributed by atoms with Crippen LogP contribution >= 0.6 is 0 Å². The third kappa shape index (κ3) is 5.07. The molecule has 0 amide bonds. The van der Waals surface area contributed by atoms with Gasteiger partial charge in [-0.25, -0.2) is 0 Å². The van der Waals surface area contributed by atoms with Gasteiger partial charge in [0.05, 0.1) is 5.75 Å². The van der Waals surface area contributed by atoms with Gasteiger partial charge < -0.3 is 0 Å². The fraction of sp³-hybridized carbons (Fsp3) is 0.286.